The van der Waals surface area contributed by atoms with E-state index in [2.05, 4.69) is 10.2 Å². The molecule has 16 heavy (non-hydrogen) atoms. The highest BCUT2D eigenvalue weighted by Crippen LogP contribution is 2.25. The van der Waals surface area contributed by atoms with E-state index in [-0.39, 0.29) is 6.10 Å². The van der Waals surface area contributed by atoms with E-state index >= 15 is 0 Å². The predicted molar refractivity (Wildman–Crippen MR) is 67.6 cm³/mol. The van der Waals surface area contributed by atoms with E-state index in [1.807, 2.05) is 12.1 Å². The summed E-state index contributed by atoms with van der Waals surface area (Å²) in [4.78, 5) is 2.09. The van der Waals surface area contributed by atoms with E-state index in [0.29, 0.717) is 23.1 Å². The summed E-state index contributed by atoms with van der Waals surface area (Å²) in [5.74, 6) is 0. The van der Waals surface area contributed by atoms with Crippen LogP contribution in [0.1, 0.15) is 0 Å². The molecule has 88 valence electrons. The SMILES string of the molecule is OC1CNCCN(c2cc(Cl)cc(Cl)c2)C1. The standard InChI is InChI=1S/C11H14Cl2N2O/c12-8-3-9(13)5-10(4-8)15-2-1-14-6-11(16)7-15/h3-5,11,14,16H,1-2,6-7H2. The summed E-state index contributed by atoms with van der Waals surface area (Å²) in [6.45, 7) is 2.92. The number of aliphatic hydroxyl groups is 1. The zero-order valence-corrected chi connectivity index (χ0v) is 10.3. The van der Waals surface area contributed by atoms with Gasteiger partial charge in [0.1, 0.15) is 0 Å². The van der Waals surface area contributed by atoms with Crippen LogP contribution in [0.4, 0.5) is 5.69 Å². The van der Waals surface area contributed by atoms with Gasteiger partial charge in [-0.25, -0.2) is 0 Å². The van der Waals surface area contributed by atoms with Crippen molar-refractivity contribution in [1.29, 1.82) is 0 Å². The fourth-order valence-corrected chi connectivity index (χ4v) is 2.36. The number of benzene rings is 1. The lowest BCUT2D eigenvalue weighted by atomic mass is 10.2. The van der Waals surface area contributed by atoms with Crippen LogP contribution in [0.2, 0.25) is 10.0 Å². The van der Waals surface area contributed by atoms with Gasteiger partial charge < -0.3 is 15.3 Å². The molecule has 0 amide bonds. The number of aliphatic hydroxyl groups excluding tert-OH is 1. The summed E-state index contributed by atoms with van der Waals surface area (Å²) in [6, 6.07) is 5.44. The van der Waals surface area contributed by atoms with Gasteiger partial charge in [0.15, 0.2) is 0 Å². The summed E-state index contributed by atoms with van der Waals surface area (Å²) < 4.78 is 0. The van der Waals surface area contributed by atoms with E-state index in [9.17, 15) is 5.11 Å². The summed E-state index contributed by atoms with van der Waals surface area (Å²) >= 11 is 11.9. The number of rotatable bonds is 1. The van der Waals surface area contributed by atoms with Gasteiger partial charge in [0, 0.05) is 41.9 Å². The van der Waals surface area contributed by atoms with Crippen molar-refractivity contribution < 1.29 is 5.11 Å². The summed E-state index contributed by atoms with van der Waals surface area (Å²) in [5.41, 5.74) is 0.959. The van der Waals surface area contributed by atoms with Gasteiger partial charge >= 0.3 is 0 Å². The van der Waals surface area contributed by atoms with E-state index in [0.717, 1.165) is 18.8 Å². The third kappa shape index (κ3) is 3.01. The second-order valence-corrected chi connectivity index (χ2v) is 4.80. The van der Waals surface area contributed by atoms with Crippen molar-refractivity contribution in [1.82, 2.24) is 5.32 Å². The molecule has 0 saturated carbocycles. The van der Waals surface area contributed by atoms with Crippen LogP contribution < -0.4 is 10.2 Å². The Morgan fingerprint density at radius 3 is 2.62 bits per heavy atom. The Labute approximate surface area is 105 Å². The number of β-amino-alcohol motifs (C(OH)–C–C–N with tert-alkyl or cyclic N) is 1. The summed E-state index contributed by atoms with van der Waals surface area (Å²) in [6.07, 6.45) is -0.361. The summed E-state index contributed by atoms with van der Waals surface area (Å²) in [7, 11) is 0. The molecule has 1 fully saturated rings. The van der Waals surface area contributed by atoms with Crippen molar-refractivity contribution in [2.24, 2.45) is 0 Å². The maximum atomic E-state index is 9.69. The maximum Gasteiger partial charge on any atom is 0.0839 e. The molecule has 1 aliphatic heterocycles. The Bertz CT molecular complexity index is 353. The molecule has 0 bridgehead atoms. The minimum Gasteiger partial charge on any atom is -0.390 e. The minimum atomic E-state index is -0.361. The largest absolute Gasteiger partial charge is 0.390 e. The zero-order chi connectivity index (χ0) is 11.5. The maximum absolute atomic E-state index is 9.69. The summed E-state index contributed by atoms with van der Waals surface area (Å²) in [5, 5.41) is 14.1. The second-order valence-electron chi connectivity index (χ2n) is 3.93. The first kappa shape index (κ1) is 12.0. The van der Waals surface area contributed by atoms with Gasteiger partial charge in [-0.3, -0.25) is 0 Å². The molecule has 5 heteroatoms. The Kier molecular flexibility index (Phi) is 3.92. The number of nitrogens with one attached hydrogen (secondary N) is 1. The molecule has 1 unspecified atom stereocenters. The smallest absolute Gasteiger partial charge is 0.0839 e. The van der Waals surface area contributed by atoms with Gasteiger partial charge in [0.2, 0.25) is 0 Å². The van der Waals surface area contributed by atoms with Crippen molar-refractivity contribution in [3.63, 3.8) is 0 Å². The predicted octanol–water partition coefficient (Wildman–Crippen LogP) is 1.76. The van der Waals surface area contributed by atoms with Gasteiger partial charge in [-0.2, -0.15) is 0 Å². The molecule has 0 spiro atoms. The van der Waals surface area contributed by atoms with Gasteiger partial charge in [0.05, 0.1) is 6.10 Å². The van der Waals surface area contributed by atoms with Crippen LogP contribution in [-0.2, 0) is 0 Å². The monoisotopic (exact) mass is 260 g/mol. The molecule has 0 radical (unpaired) electrons. The second kappa shape index (κ2) is 5.23. The average molecular weight is 261 g/mol. The third-order valence-corrected chi connectivity index (χ3v) is 3.02. The Morgan fingerprint density at radius 2 is 1.94 bits per heavy atom. The van der Waals surface area contributed by atoms with Crippen LogP contribution in [0, 0.1) is 0 Å². The van der Waals surface area contributed by atoms with Crippen LogP contribution in [0.25, 0.3) is 0 Å². The fourth-order valence-electron chi connectivity index (χ4n) is 1.85. The molecule has 1 aromatic rings. The van der Waals surface area contributed by atoms with Crippen LogP contribution in [0.15, 0.2) is 18.2 Å². The van der Waals surface area contributed by atoms with Gasteiger partial charge in [-0.15, -0.1) is 0 Å². The average Bonchev–Trinajstić information content (AvgIpc) is 2.41. The molecular formula is C11H14Cl2N2O. The lowest BCUT2D eigenvalue weighted by Gasteiger charge is -2.24. The lowest BCUT2D eigenvalue weighted by Crippen LogP contribution is -2.32. The fraction of sp³-hybridized carbons (Fsp3) is 0.455. The number of halogens is 2. The van der Waals surface area contributed by atoms with Crippen LogP contribution >= 0.6 is 23.2 Å². The van der Waals surface area contributed by atoms with E-state index in [4.69, 9.17) is 23.2 Å². The molecule has 1 aliphatic rings. The molecule has 0 aliphatic carbocycles. The van der Waals surface area contributed by atoms with Crippen LogP contribution in [0.3, 0.4) is 0 Å². The Balaban J connectivity index is 2.21. The van der Waals surface area contributed by atoms with E-state index < -0.39 is 0 Å². The normalized spacial score (nSPS) is 21.9. The van der Waals surface area contributed by atoms with E-state index in [1.165, 1.54) is 0 Å². The molecule has 1 heterocycles. The quantitative estimate of drug-likeness (QED) is 0.808. The molecule has 0 aromatic heterocycles. The number of anilines is 1. The van der Waals surface area contributed by atoms with Gasteiger partial charge in [-0.05, 0) is 18.2 Å². The molecule has 1 aromatic carbocycles. The first-order chi connectivity index (χ1) is 7.65. The van der Waals surface area contributed by atoms with Crippen molar-refractivity contribution in [2.75, 3.05) is 31.1 Å². The first-order valence-electron chi connectivity index (χ1n) is 5.25. The van der Waals surface area contributed by atoms with Gasteiger partial charge in [0.25, 0.3) is 0 Å². The minimum absolute atomic E-state index is 0.361. The molecule has 1 saturated heterocycles. The van der Waals surface area contributed by atoms with Crippen molar-refractivity contribution >= 4 is 28.9 Å². The number of hydrogen-bond donors (Lipinski definition) is 2. The van der Waals surface area contributed by atoms with Gasteiger partial charge in [-0.1, -0.05) is 23.2 Å². The van der Waals surface area contributed by atoms with Crippen LogP contribution in [-0.4, -0.2) is 37.4 Å². The highest BCUT2D eigenvalue weighted by atomic mass is 35.5. The molecule has 3 nitrogen and oxygen atoms in total. The first-order valence-corrected chi connectivity index (χ1v) is 6.00. The highest BCUT2D eigenvalue weighted by molar-refractivity contribution is 6.35. The zero-order valence-electron chi connectivity index (χ0n) is 8.79. The molecule has 2 N–H and O–H groups in total. The Hall–Kier alpha value is -0.480. The molecule has 1 atom stereocenters. The number of hydrogen-bond acceptors (Lipinski definition) is 3. The van der Waals surface area contributed by atoms with Crippen LogP contribution in [0.5, 0.6) is 0 Å². The van der Waals surface area contributed by atoms with Crippen molar-refractivity contribution in [3.8, 4) is 0 Å². The number of nitrogens with zero attached hydrogens (tertiary/aromatic N) is 1. The van der Waals surface area contributed by atoms with Crippen molar-refractivity contribution in [2.45, 2.75) is 6.10 Å². The highest BCUT2D eigenvalue weighted by Gasteiger charge is 2.16. The third-order valence-electron chi connectivity index (χ3n) is 2.58. The Morgan fingerprint density at radius 1 is 1.25 bits per heavy atom. The molecular weight excluding hydrogens is 247 g/mol. The molecule has 2 rings (SSSR count). The topological polar surface area (TPSA) is 35.5 Å². The lowest BCUT2D eigenvalue weighted by molar-refractivity contribution is 0.185. The van der Waals surface area contributed by atoms with Crippen molar-refractivity contribution in [3.05, 3.63) is 28.2 Å². The van der Waals surface area contributed by atoms with E-state index in [1.54, 1.807) is 6.07 Å².